The molecule has 0 radical (unpaired) electrons. The van der Waals surface area contributed by atoms with E-state index in [1.165, 1.54) is 4.57 Å². The summed E-state index contributed by atoms with van der Waals surface area (Å²) in [5, 5.41) is 10.3. The highest BCUT2D eigenvalue weighted by atomic mass is 35.5. The molecule has 3 rings (SSSR count). The molecule has 0 bridgehead atoms. The number of hydrogen-bond acceptors (Lipinski definition) is 4. The molecule has 0 saturated carbocycles. The number of rotatable bonds is 2. The van der Waals surface area contributed by atoms with Crippen molar-refractivity contribution in [2.24, 2.45) is 5.92 Å². The second-order valence-electron chi connectivity index (χ2n) is 5.52. The number of alkyl halides is 3. The normalized spacial score (nSPS) is 20.9. The highest BCUT2D eigenvalue weighted by Crippen LogP contribution is 2.29. The topological polar surface area (TPSA) is 46.0 Å². The molecule has 3 heterocycles. The highest BCUT2D eigenvalue weighted by Gasteiger charge is 2.39. The molecule has 9 heteroatoms. The van der Waals surface area contributed by atoms with Crippen molar-refractivity contribution in [1.29, 1.82) is 0 Å². The molecule has 1 aromatic rings. The van der Waals surface area contributed by atoms with Crippen LogP contribution in [0.1, 0.15) is 24.5 Å². The number of hydrogen-bond donors (Lipinski definition) is 1. The van der Waals surface area contributed by atoms with Crippen LogP contribution in [0.3, 0.4) is 0 Å². The van der Waals surface area contributed by atoms with Gasteiger partial charge in [-0.2, -0.15) is 13.2 Å². The second kappa shape index (κ2) is 6.50. The van der Waals surface area contributed by atoms with Gasteiger partial charge in [0.2, 0.25) is 5.82 Å². The Morgan fingerprint density at radius 1 is 1.14 bits per heavy atom. The number of aromatic nitrogens is 3. The molecule has 5 nitrogen and oxygen atoms in total. The maximum Gasteiger partial charge on any atom is 0.451 e. The van der Waals surface area contributed by atoms with Crippen molar-refractivity contribution >= 4 is 12.4 Å². The summed E-state index contributed by atoms with van der Waals surface area (Å²) >= 11 is 0. The van der Waals surface area contributed by atoms with Crippen molar-refractivity contribution in [2.45, 2.75) is 32.1 Å². The Morgan fingerprint density at radius 2 is 1.86 bits per heavy atom. The van der Waals surface area contributed by atoms with Crippen LogP contribution in [0.2, 0.25) is 0 Å². The Morgan fingerprint density at radius 3 is 2.52 bits per heavy atom. The fraction of sp³-hybridized carbons (Fsp3) is 0.833. The van der Waals surface area contributed by atoms with E-state index in [0.717, 1.165) is 32.5 Å². The van der Waals surface area contributed by atoms with Crippen molar-refractivity contribution < 1.29 is 13.2 Å². The van der Waals surface area contributed by atoms with E-state index in [4.69, 9.17) is 0 Å². The maximum absolute atomic E-state index is 12.7. The minimum absolute atomic E-state index is 0. The fourth-order valence-corrected chi connectivity index (χ4v) is 3.00. The summed E-state index contributed by atoms with van der Waals surface area (Å²) in [7, 11) is 0. The van der Waals surface area contributed by atoms with Gasteiger partial charge in [-0.3, -0.25) is 4.90 Å². The largest absolute Gasteiger partial charge is 0.451 e. The Bertz CT molecular complexity index is 470. The number of nitrogens with one attached hydrogen (secondary N) is 1. The zero-order valence-electron chi connectivity index (χ0n) is 11.6. The zero-order valence-corrected chi connectivity index (χ0v) is 12.4. The average molecular weight is 326 g/mol. The van der Waals surface area contributed by atoms with E-state index in [9.17, 15) is 13.2 Å². The molecule has 0 aromatic carbocycles. The molecule has 2 aliphatic rings. The summed E-state index contributed by atoms with van der Waals surface area (Å²) in [5.74, 6) is 0.194. The molecular formula is C12H19ClF3N5. The molecule has 2 aliphatic heterocycles. The summed E-state index contributed by atoms with van der Waals surface area (Å²) in [6, 6.07) is 0. The van der Waals surface area contributed by atoms with Crippen LogP contribution in [0.25, 0.3) is 0 Å². The Hall–Kier alpha value is -0.860. The van der Waals surface area contributed by atoms with Gasteiger partial charge < -0.3 is 9.88 Å². The van der Waals surface area contributed by atoms with Crippen LogP contribution in [-0.4, -0.2) is 45.8 Å². The smallest absolute Gasteiger partial charge is 0.317 e. The quantitative estimate of drug-likeness (QED) is 0.896. The van der Waals surface area contributed by atoms with Gasteiger partial charge in [-0.15, -0.1) is 22.6 Å². The Balaban J connectivity index is 0.00000161. The van der Waals surface area contributed by atoms with Crippen molar-refractivity contribution in [2.75, 3.05) is 26.2 Å². The highest BCUT2D eigenvalue weighted by molar-refractivity contribution is 5.85. The summed E-state index contributed by atoms with van der Waals surface area (Å²) < 4.78 is 39.4. The van der Waals surface area contributed by atoms with Crippen LogP contribution in [-0.2, 0) is 19.3 Å². The predicted octanol–water partition coefficient (Wildman–Crippen LogP) is 1.53. The SMILES string of the molecule is Cl.FC(F)(F)c1nnc2n1CCN(CC1CCNCC1)C2. The van der Waals surface area contributed by atoms with Crippen LogP contribution >= 0.6 is 12.4 Å². The number of halogens is 4. The average Bonchev–Trinajstić information content (AvgIpc) is 2.83. The van der Waals surface area contributed by atoms with Crippen LogP contribution < -0.4 is 5.32 Å². The molecular weight excluding hydrogens is 307 g/mol. The van der Waals surface area contributed by atoms with Gasteiger partial charge in [0.15, 0.2) is 0 Å². The Labute approximate surface area is 127 Å². The first-order chi connectivity index (χ1) is 9.54. The van der Waals surface area contributed by atoms with Crippen molar-refractivity contribution in [3.8, 4) is 0 Å². The van der Waals surface area contributed by atoms with Crippen molar-refractivity contribution in [3.05, 3.63) is 11.6 Å². The lowest BCUT2D eigenvalue weighted by Gasteiger charge is -2.32. The van der Waals surface area contributed by atoms with Gasteiger partial charge in [0.05, 0.1) is 6.54 Å². The summed E-state index contributed by atoms with van der Waals surface area (Å²) in [4.78, 5) is 2.19. The molecule has 1 aromatic heterocycles. The van der Waals surface area contributed by atoms with E-state index in [2.05, 4.69) is 20.4 Å². The van der Waals surface area contributed by atoms with E-state index in [-0.39, 0.29) is 12.4 Å². The monoisotopic (exact) mass is 325 g/mol. The standard InChI is InChI=1S/C12H18F3N5.ClH/c13-12(14,15)11-18-17-10-8-19(5-6-20(10)11)7-9-1-3-16-4-2-9;/h9,16H,1-8H2;1H. The molecule has 1 saturated heterocycles. The van der Waals surface area contributed by atoms with Gasteiger partial charge in [0.1, 0.15) is 5.82 Å². The number of piperidine rings is 1. The van der Waals surface area contributed by atoms with Crippen LogP contribution in [0, 0.1) is 5.92 Å². The first-order valence-corrected chi connectivity index (χ1v) is 6.96. The molecule has 0 atom stereocenters. The lowest BCUT2D eigenvalue weighted by Crippen LogP contribution is -2.40. The first kappa shape index (κ1) is 16.5. The molecule has 1 fully saturated rings. The zero-order chi connectivity index (χ0) is 14.2. The molecule has 21 heavy (non-hydrogen) atoms. The molecule has 0 unspecified atom stereocenters. The van der Waals surface area contributed by atoms with Crippen molar-refractivity contribution in [3.63, 3.8) is 0 Å². The number of fused-ring (bicyclic) bond motifs is 1. The third-order valence-electron chi connectivity index (χ3n) is 4.06. The van der Waals surface area contributed by atoms with E-state index in [1.807, 2.05) is 0 Å². The van der Waals surface area contributed by atoms with Gasteiger partial charge in [-0.1, -0.05) is 0 Å². The molecule has 0 spiro atoms. The van der Waals surface area contributed by atoms with Crippen LogP contribution in [0.4, 0.5) is 13.2 Å². The first-order valence-electron chi connectivity index (χ1n) is 6.96. The fourth-order valence-electron chi connectivity index (χ4n) is 3.00. The predicted molar refractivity (Wildman–Crippen MR) is 73.1 cm³/mol. The summed E-state index contributed by atoms with van der Waals surface area (Å²) in [6.45, 7) is 4.43. The maximum atomic E-state index is 12.7. The van der Waals surface area contributed by atoms with E-state index in [1.54, 1.807) is 0 Å². The van der Waals surface area contributed by atoms with E-state index < -0.39 is 12.0 Å². The minimum Gasteiger partial charge on any atom is -0.317 e. The van der Waals surface area contributed by atoms with Gasteiger partial charge >= 0.3 is 6.18 Å². The van der Waals surface area contributed by atoms with Crippen LogP contribution in [0.15, 0.2) is 0 Å². The minimum atomic E-state index is -4.41. The van der Waals surface area contributed by atoms with Gasteiger partial charge in [-0.25, -0.2) is 0 Å². The van der Waals surface area contributed by atoms with E-state index in [0.29, 0.717) is 31.4 Å². The van der Waals surface area contributed by atoms with E-state index >= 15 is 0 Å². The molecule has 1 N–H and O–H groups in total. The second-order valence-corrected chi connectivity index (χ2v) is 5.52. The van der Waals surface area contributed by atoms with Crippen LogP contribution in [0.5, 0.6) is 0 Å². The number of nitrogens with zero attached hydrogens (tertiary/aromatic N) is 4. The molecule has 0 amide bonds. The summed E-state index contributed by atoms with van der Waals surface area (Å²) in [6.07, 6.45) is -2.14. The van der Waals surface area contributed by atoms with Crippen molar-refractivity contribution in [1.82, 2.24) is 25.0 Å². The third-order valence-corrected chi connectivity index (χ3v) is 4.06. The lowest BCUT2D eigenvalue weighted by molar-refractivity contribution is -0.148. The lowest BCUT2D eigenvalue weighted by atomic mass is 9.97. The molecule has 0 aliphatic carbocycles. The van der Waals surface area contributed by atoms with Gasteiger partial charge in [0, 0.05) is 19.6 Å². The third kappa shape index (κ3) is 3.67. The molecule has 120 valence electrons. The Kier molecular flexibility index (Phi) is 5.11. The van der Waals surface area contributed by atoms with Gasteiger partial charge in [0.25, 0.3) is 0 Å². The van der Waals surface area contributed by atoms with Gasteiger partial charge in [-0.05, 0) is 31.8 Å². The summed E-state index contributed by atoms with van der Waals surface area (Å²) in [5.41, 5.74) is 0.